The molecule has 0 radical (unpaired) electrons. The summed E-state index contributed by atoms with van der Waals surface area (Å²) in [4.78, 5) is 10.5. The zero-order valence-electron chi connectivity index (χ0n) is 8.32. The molecule has 1 aliphatic carbocycles. The molecule has 0 aromatic carbocycles. The Labute approximate surface area is 87.6 Å². The number of aromatic nitrogens is 2. The van der Waals surface area contributed by atoms with E-state index < -0.39 is 0 Å². The smallest absolute Gasteiger partial charge is 0.180 e. The molecule has 76 valence electrons. The highest BCUT2D eigenvalue weighted by molar-refractivity contribution is 7.13. The van der Waals surface area contributed by atoms with Crippen LogP contribution < -0.4 is 0 Å². The minimum atomic E-state index is 0.178. The molecule has 0 aliphatic heterocycles. The molecule has 1 aromatic heterocycles. The highest BCUT2D eigenvalue weighted by Gasteiger charge is 2.32. The summed E-state index contributed by atoms with van der Waals surface area (Å²) >= 11 is 1.45. The Balaban J connectivity index is 2.23. The van der Waals surface area contributed by atoms with Gasteiger partial charge in [0.05, 0.1) is 0 Å². The lowest BCUT2D eigenvalue weighted by atomic mass is 9.76. The van der Waals surface area contributed by atoms with E-state index in [-0.39, 0.29) is 5.41 Å². The first kappa shape index (κ1) is 9.77. The summed E-state index contributed by atoms with van der Waals surface area (Å²) in [5, 5.41) is 9.52. The van der Waals surface area contributed by atoms with Crippen molar-refractivity contribution in [3.05, 3.63) is 10.0 Å². The first-order valence-electron chi connectivity index (χ1n) is 5.04. The Morgan fingerprint density at radius 2 is 2.00 bits per heavy atom. The molecular weight excluding hydrogens is 196 g/mol. The summed E-state index contributed by atoms with van der Waals surface area (Å²) in [5.74, 6) is 0. The fourth-order valence-corrected chi connectivity index (χ4v) is 2.93. The number of hydrogen-bond donors (Lipinski definition) is 0. The molecule has 1 saturated carbocycles. The third-order valence-corrected chi connectivity index (χ3v) is 4.17. The van der Waals surface area contributed by atoms with Gasteiger partial charge in [0.1, 0.15) is 5.01 Å². The largest absolute Gasteiger partial charge is 0.295 e. The summed E-state index contributed by atoms with van der Waals surface area (Å²) in [6, 6.07) is 0. The standard InChI is InChI=1S/C10H14N2OS/c1-10(5-3-2-4-6-10)9-12-11-8(7-13)14-9/h7H,2-6H2,1H3. The maximum absolute atomic E-state index is 10.5. The van der Waals surface area contributed by atoms with Crippen LogP contribution in [0.5, 0.6) is 0 Å². The van der Waals surface area contributed by atoms with Crippen molar-refractivity contribution in [3.63, 3.8) is 0 Å². The van der Waals surface area contributed by atoms with E-state index >= 15 is 0 Å². The van der Waals surface area contributed by atoms with Crippen molar-refractivity contribution in [2.24, 2.45) is 0 Å². The first-order chi connectivity index (χ1) is 6.74. The van der Waals surface area contributed by atoms with Crippen molar-refractivity contribution in [2.45, 2.75) is 44.4 Å². The Morgan fingerprint density at radius 3 is 2.57 bits per heavy atom. The van der Waals surface area contributed by atoms with Crippen LogP contribution in [0, 0.1) is 0 Å². The molecule has 1 fully saturated rings. The van der Waals surface area contributed by atoms with Gasteiger partial charge in [0.25, 0.3) is 0 Å². The minimum Gasteiger partial charge on any atom is -0.295 e. The Bertz CT molecular complexity index is 329. The van der Waals surface area contributed by atoms with Crippen molar-refractivity contribution in [1.82, 2.24) is 10.2 Å². The monoisotopic (exact) mass is 210 g/mol. The summed E-state index contributed by atoms with van der Waals surface area (Å²) in [6.07, 6.45) is 7.02. The third kappa shape index (κ3) is 1.71. The fourth-order valence-electron chi connectivity index (χ4n) is 2.07. The van der Waals surface area contributed by atoms with Gasteiger partial charge in [-0.2, -0.15) is 0 Å². The van der Waals surface area contributed by atoms with Crippen molar-refractivity contribution in [3.8, 4) is 0 Å². The van der Waals surface area contributed by atoms with E-state index in [0.717, 1.165) is 11.3 Å². The summed E-state index contributed by atoms with van der Waals surface area (Å²) < 4.78 is 0. The van der Waals surface area contributed by atoms with Crippen molar-refractivity contribution < 1.29 is 4.79 Å². The van der Waals surface area contributed by atoms with Crippen LogP contribution in [0.3, 0.4) is 0 Å². The van der Waals surface area contributed by atoms with E-state index in [2.05, 4.69) is 17.1 Å². The molecule has 1 heterocycles. The molecule has 0 amide bonds. The van der Waals surface area contributed by atoms with Crippen LogP contribution >= 0.6 is 11.3 Å². The Morgan fingerprint density at radius 1 is 1.29 bits per heavy atom. The molecule has 1 aliphatic rings. The van der Waals surface area contributed by atoms with Crippen LogP contribution in [-0.2, 0) is 5.41 Å². The number of hydrogen-bond acceptors (Lipinski definition) is 4. The van der Waals surface area contributed by atoms with Gasteiger partial charge in [-0.3, -0.25) is 4.79 Å². The van der Waals surface area contributed by atoms with Crippen LogP contribution in [0.4, 0.5) is 0 Å². The highest BCUT2D eigenvalue weighted by atomic mass is 32.1. The normalized spacial score (nSPS) is 20.6. The van der Waals surface area contributed by atoms with Crippen LogP contribution in [0.25, 0.3) is 0 Å². The average Bonchev–Trinajstić information content (AvgIpc) is 2.67. The molecule has 1 aromatic rings. The first-order valence-corrected chi connectivity index (χ1v) is 5.85. The van der Waals surface area contributed by atoms with Gasteiger partial charge in [0.15, 0.2) is 11.3 Å². The van der Waals surface area contributed by atoms with Crippen molar-refractivity contribution in [2.75, 3.05) is 0 Å². The van der Waals surface area contributed by atoms with Gasteiger partial charge in [0.2, 0.25) is 0 Å². The lowest BCUT2D eigenvalue weighted by Crippen LogP contribution is -2.24. The van der Waals surface area contributed by atoms with E-state index in [1.165, 1.54) is 43.4 Å². The van der Waals surface area contributed by atoms with Gasteiger partial charge >= 0.3 is 0 Å². The molecule has 2 rings (SSSR count). The zero-order valence-corrected chi connectivity index (χ0v) is 9.14. The molecule has 0 atom stereocenters. The van der Waals surface area contributed by atoms with E-state index in [1.807, 2.05) is 0 Å². The number of carbonyl (C=O) groups is 1. The van der Waals surface area contributed by atoms with E-state index in [9.17, 15) is 4.79 Å². The predicted octanol–water partition coefficient (Wildman–Crippen LogP) is 2.57. The van der Waals surface area contributed by atoms with Gasteiger partial charge in [0, 0.05) is 5.41 Å². The second kappa shape index (κ2) is 3.77. The maximum atomic E-state index is 10.5. The second-order valence-electron chi connectivity index (χ2n) is 4.18. The van der Waals surface area contributed by atoms with Crippen LogP contribution in [0.15, 0.2) is 0 Å². The minimum absolute atomic E-state index is 0.178. The molecule has 0 bridgehead atoms. The summed E-state index contributed by atoms with van der Waals surface area (Å²) in [5.41, 5.74) is 0.178. The quantitative estimate of drug-likeness (QED) is 0.704. The number of rotatable bonds is 2. The highest BCUT2D eigenvalue weighted by Crippen LogP contribution is 2.39. The molecule has 0 unspecified atom stereocenters. The number of carbonyl (C=O) groups excluding carboxylic acids is 1. The summed E-state index contributed by atoms with van der Waals surface area (Å²) in [7, 11) is 0. The Hall–Kier alpha value is -0.770. The van der Waals surface area contributed by atoms with Gasteiger partial charge in [-0.1, -0.05) is 37.5 Å². The fraction of sp³-hybridized carbons (Fsp3) is 0.700. The molecule has 3 nitrogen and oxygen atoms in total. The lowest BCUT2D eigenvalue weighted by molar-refractivity contribution is 0.112. The van der Waals surface area contributed by atoms with Crippen LogP contribution in [-0.4, -0.2) is 16.5 Å². The molecule has 14 heavy (non-hydrogen) atoms. The van der Waals surface area contributed by atoms with E-state index in [4.69, 9.17) is 0 Å². The van der Waals surface area contributed by atoms with Gasteiger partial charge < -0.3 is 0 Å². The van der Waals surface area contributed by atoms with Gasteiger partial charge in [-0.05, 0) is 12.8 Å². The van der Waals surface area contributed by atoms with Crippen molar-refractivity contribution >= 4 is 17.6 Å². The molecule has 0 spiro atoms. The lowest BCUT2D eigenvalue weighted by Gasteiger charge is -2.30. The molecular formula is C10H14N2OS. The second-order valence-corrected chi connectivity index (χ2v) is 5.19. The van der Waals surface area contributed by atoms with E-state index in [0.29, 0.717) is 5.01 Å². The van der Waals surface area contributed by atoms with Crippen LogP contribution in [0.1, 0.15) is 53.8 Å². The van der Waals surface area contributed by atoms with Crippen LogP contribution in [0.2, 0.25) is 0 Å². The molecule has 0 N–H and O–H groups in total. The SMILES string of the molecule is CC1(c2nnc(C=O)s2)CCCCC1. The number of nitrogens with zero attached hydrogens (tertiary/aromatic N) is 2. The van der Waals surface area contributed by atoms with Gasteiger partial charge in [-0.25, -0.2) is 0 Å². The predicted molar refractivity (Wildman–Crippen MR) is 55.7 cm³/mol. The van der Waals surface area contributed by atoms with Crippen molar-refractivity contribution in [1.29, 1.82) is 0 Å². The summed E-state index contributed by atoms with van der Waals surface area (Å²) in [6.45, 7) is 2.24. The maximum Gasteiger partial charge on any atom is 0.180 e. The number of aldehydes is 1. The average molecular weight is 210 g/mol. The van der Waals surface area contributed by atoms with Gasteiger partial charge in [-0.15, -0.1) is 10.2 Å². The Kier molecular flexibility index (Phi) is 2.63. The van der Waals surface area contributed by atoms with E-state index in [1.54, 1.807) is 0 Å². The topological polar surface area (TPSA) is 42.9 Å². The molecule has 0 saturated heterocycles. The molecule has 4 heteroatoms. The third-order valence-electron chi connectivity index (χ3n) is 3.01. The zero-order chi connectivity index (χ0) is 10.0.